The minimum atomic E-state index is -0.431. The van der Waals surface area contributed by atoms with Crippen LogP contribution < -0.4 is 4.74 Å². The lowest BCUT2D eigenvalue weighted by Gasteiger charge is -2.32. The molecular weight excluding hydrogens is 260 g/mol. The molecule has 0 spiro atoms. The average molecular weight is 290 g/mol. The highest BCUT2D eigenvalue weighted by molar-refractivity contribution is 5.79. The fourth-order valence-corrected chi connectivity index (χ4v) is 2.54. The lowest BCUT2D eigenvalue weighted by molar-refractivity contribution is -0.148. The minimum absolute atomic E-state index is 0.0458. The third kappa shape index (κ3) is 4.09. The largest absolute Gasteiger partial charge is 0.426 e. The summed E-state index contributed by atoms with van der Waals surface area (Å²) in [4.78, 5) is 12.7. The number of rotatable bonds is 5. The van der Waals surface area contributed by atoms with Crippen molar-refractivity contribution >= 4 is 5.97 Å². The first-order valence-electron chi connectivity index (χ1n) is 7.94. The van der Waals surface area contributed by atoms with Crippen molar-refractivity contribution in [3.05, 3.63) is 29.8 Å². The number of ether oxygens (including phenoxy) is 1. The fourth-order valence-electron chi connectivity index (χ4n) is 2.54. The molecule has 0 bridgehead atoms. The van der Waals surface area contributed by atoms with E-state index in [0.29, 0.717) is 5.75 Å². The molecule has 0 aliphatic rings. The highest BCUT2D eigenvalue weighted by Gasteiger charge is 2.38. The van der Waals surface area contributed by atoms with Crippen LogP contribution in [-0.4, -0.2) is 5.97 Å². The number of esters is 1. The normalized spacial score (nSPS) is 14.9. The molecule has 1 unspecified atom stereocenters. The summed E-state index contributed by atoms with van der Waals surface area (Å²) in [7, 11) is 0. The van der Waals surface area contributed by atoms with Crippen molar-refractivity contribution in [2.45, 2.75) is 66.7 Å². The fraction of sp³-hybridized carbons (Fsp3) is 0.632. The van der Waals surface area contributed by atoms with Crippen LogP contribution in [0.25, 0.3) is 0 Å². The Labute approximate surface area is 129 Å². The summed E-state index contributed by atoms with van der Waals surface area (Å²) in [6, 6.07) is 7.84. The molecule has 21 heavy (non-hydrogen) atoms. The Kier molecular flexibility index (Phi) is 5.61. The molecule has 0 aliphatic carbocycles. The summed E-state index contributed by atoms with van der Waals surface area (Å²) in [5, 5.41) is 0. The standard InChI is InChI=1S/C19H30O2/c1-8-13-19(7,14(2)3)17(20)21-16-12-10-9-11-15(16)18(4,5)6/h9-12,14H,8,13H2,1-7H3. The van der Waals surface area contributed by atoms with Crippen LogP contribution in [0.2, 0.25) is 0 Å². The zero-order valence-corrected chi connectivity index (χ0v) is 14.6. The van der Waals surface area contributed by atoms with Gasteiger partial charge < -0.3 is 4.74 Å². The van der Waals surface area contributed by atoms with Crippen LogP contribution in [0.3, 0.4) is 0 Å². The van der Waals surface area contributed by atoms with E-state index in [2.05, 4.69) is 41.5 Å². The molecule has 0 saturated carbocycles. The highest BCUT2D eigenvalue weighted by atomic mass is 16.5. The van der Waals surface area contributed by atoms with E-state index in [1.54, 1.807) is 0 Å². The van der Waals surface area contributed by atoms with Gasteiger partial charge in [-0.25, -0.2) is 0 Å². The van der Waals surface area contributed by atoms with E-state index in [1.807, 2.05) is 31.2 Å². The zero-order chi connectivity index (χ0) is 16.3. The Balaban J connectivity index is 3.09. The molecule has 1 aromatic carbocycles. The van der Waals surface area contributed by atoms with Crippen LogP contribution in [0.4, 0.5) is 0 Å². The molecule has 0 fully saturated rings. The van der Waals surface area contributed by atoms with Crippen LogP contribution in [0.5, 0.6) is 5.75 Å². The van der Waals surface area contributed by atoms with Gasteiger partial charge in [-0.3, -0.25) is 4.79 Å². The monoisotopic (exact) mass is 290 g/mol. The first-order chi connectivity index (χ1) is 9.63. The first kappa shape index (κ1) is 17.7. The van der Waals surface area contributed by atoms with Crippen molar-refractivity contribution in [2.75, 3.05) is 0 Å². The topological polar surface area (TPSA) is 26.3 Å². The average Bonchev–Trinajstić information content (AvgIpc) is 2.37. The number of carbonyl (C=O) groups is 1. The third-order valence-corrected chi connectivity index (χ3v) is 4.41. The van der Waals surface area contributed by atoms with Gasteiger partial charge in [-0.15, -0.1) is 0 Å². The van der Waals surface area contributed by atoms with E-state index in [-0.39, 0.29) is 17.3 Å². The van der Waals surface area contributed by atoms with Crippen molar-refractivity contribution in [3.63, 3.8) is 0 Å². The van der Waals surface area contributed by atoms with Gasteiger partial charge in [-0.1, -0.05) is 66.2 Å². The van der Waals surface area contributed by atoms with E-state index in [9.17, 15) is 4.79 Å². The minimum Gasteiger partial charge on any atom is -0.426 e. The number of hydrogen-bond acceptors (Lipinski definition) is 2. The van der Waals surface area contributed by atoms with Gasteiger partial charge in [0, 0.05) is 5.56 Å². The summed E-state index contributed by atoms with van der Waals surface area (Å²) in [5.41, 5.74) is 0.594. The van der Waals surface area contributed by atoms with Gasteiger partial charge in [-0.2, -0.15) is 0 Å². The number of para-hydroxylation sites is 1. The molecule has 0 N–H and O–H groups in total. The maximum atomic E-state index is 12.7. The molecule has 2 nitrogen and oxygen atoms in total. The number of benzene rings is 1. The molecular formula is C19H30O2. The lowest BCUT2D eigenvalue weighted by atomic mass is 9.75. The van der Waals surface area contributed by atoms with Gasteiger partial charge in [0.25, 0.3) is 0 Å². The Bertz CT molecular complexity index is 483. The van der Waals surface area contributed by atoms with Gasteiger partial charge in [0.05, 0.1) is 5.41 Å². The maximum absolute atomic E-state index is 12.7. The predicted molar refractivity (Wildman–Crippen MR) is 88.6 cm³/mol. The maximum Gasteiger partial charge on any atom is 0.317 e. The third-order valence-electron chi connectivity index (χ3n) is 4.41. The predicted octanol–water partition coefficient (Wildman–Crippen LogP) is 5.35. The summed E-state index contributed by atoms with van der Waals surface area (Å²) >= 11 is 0. The van der Waals surface area contributed by atoms with Crippen LogP contribution >= 0.6 is 0 Å². The van der Waals surface area contributed by atoms with Crippen LogP contribution in [0.15, 0.2) is 24.3 Å². The molecule has 0 radical (unpaired) electrons. The van der Waals surface area contributed by atoms with E-state index in [1.165, 1.54) is 0 Å². The highest BCUT2D eigenvalue weighted by Crippen LogP contribution is 2.37. The summed E-state index contributed by atoms with van der Waals surface area (Å²) < 4.78 is 5.81. The van der Waals surface area contributed by atoms with Gasteiger partial charge in [0.1, 0.15) is 5.75 Å². The smallest absolute Gasteiger partial charge is 0.317 e. The molecule has 0 aromatic heterocycles. The second kappa shape index (κ2) is 6.64. The number of carbonyl (C=O) groups excluding carboxylic acids is 1. The molecule has 0 amide bonds. The van der Waals surface area contributed by atoms with Gasteiger partial charge in [0.2, 0.25) is 0 Å². The lowest BCUT2D eigenvalue weighted by Crippen LogP contribution is -2.37. The molecule has 0 aliphatic heterocycles. The quantitative estimate of drug-likeness (QED) is 0.539. The Morgan fingerprint density at radius 1 is 1.14 bits per heavy atom. The molecule has 1 atom stereocenters. The van der Waals surface area contributed by atoms with Gasteiger partial charge >= 0.3 is 5.97 Å². The van der Waals surface area contributed by atoms with Gasteiger partial charge in [0.15, 0.2) is 0 Å². The molecule has 2 heteroatoms. The van der Waals surface area contributed by atoms with Crippen molar-refractivity contribution in [2.24, 2.45) is 11.3 Å². The van der Waals surface area contributed by atoms with Crippen molar-refractivity contribution in [3.8, 4) is 5.75 Å². The Morgan fingerprint density at radius 2 is 1.71 bits per heavy atom. The van der Waals surface area contributed by atoms with Crippen LogP contribution in [0, 0.1) is 11.3 Å². The summed E-state index contributed by atoms with van der Waals surface area (Å²) in [5.74, 6) is 0.834. The molecule has 118 valence electrons. The number of hydrogen-bond donors (Lipinski definition) is 0. The van der Waals surface area contributed by atoms with Crippen LogP contribution in [0.1, 0.15) is 66.9 Å². The van der Waals surface area contributed by atoms with Crippen molar-refractivity contribution in [1.29, 1.82) is 0 Å². The van der Waals surface area contributed by atoms with E-state index >= 15 is 0 Å². The summed E-state index contributed by atoms with van der Waals surface area (Å²) in [6.07, 6.45) is 1.83. The Hall–Kier alpha value is -1.31. The molecule has 1 rings (SSSR count). The first-order valence-corrected chi connectivity index (χ1v) is 7.94. The van der Waals surface area contributed by atoms with Crippen molar-refractivity contribution in [1.82, 2.24) is 0 Å². The second-order valence-corrected chi connectivity index (χ2v) is 7.46. The van der Waals surface area contributed by atoms with E-state index in [4.69, 9.17) is 4.74 Å². The molecule has 0 heterocycles. The van der Waals surface area contributed by atoms with E-state index in [0.717, 1.165) is 18.4 Å². The molecule has 0 saturated heterocycles. The van der Waals surface area contributed by atoms with E-state index < -0.39 is 5.41 Å². The zero-order valence-electron chi connectivity index (χ0n) is 14.6. The summed E-state index contributed by atoms with van der Waals surface area (Å²) in [6.45, 7) is 14.7. The Morgan fingerprint density at radius 3 is 2.19 bits per heavy atom. The van der Waals surface area contributed by atoms with Crippen LogP contribution in [-0.2, 0) is 10.2 Å². The molecule has 1 aromatic rings. The SMILES string of the molecule is CCCC(C)(C(=O)Oc1ccccc1C(C)(C)C)C(C)C. The van der Waals surface area contributed by atoms with Gasteiger partial charge in [-0.05, 0) is 30.7 Å². The van der Waals surface area contributed by atoms with Crippen molar-refractivity contribution < 1.29 is 9.53 Å². The second-order valence-electron chi connectivity index (χ2n) is 7.46.